The summed E-state index contributed by atoms with van der Waals surface area (Å²) in [5.74, 6) is 0. The van der Waals surface area contributed by atoms with Gasteiger partial charge in [0.25, 0.3) is 0 Å². The standard InChI is InChI=1S/C18H15NO/c1-3-4-11-16(19)15-10-6-9-14-13-8-5-7-12(2)17(13)20-18(14)15/h3-11,19H,1H2,2H3/b11-4-,19-16?/i4D,11D. The number of benzene rings is 2. The first kappa shape index (κ1) is 10.2. The molecule has 2 nitrogen and oxygen atoms in total. The summed E-state index contributed by atoms with van der Waals surface area (Å²) >= 11 is 0. The van der Waals surface area contributed by atoms with Gasteiger partial charge in [-0.05, 0) is 24.6 Å². The van der Waals surface area contributed by atoms with Crippen LogP contribution in [0.3, 0.4) is 0 Å². The normalized spacial score (nSPS) is 13.8. The van der Waals surface area contributed by atoms with E-state index in [0.717, 1.165) is 21.9 Å². The van der Waals surface area contributed by atoms with Crippen molar-refractivity contribution in [3.63, 3.8) is 0 Å². The first-order valence-corrected chi connectivity index (χ1v) is 6.34. The van der Waals surface area contributed by atoms with Gasteiger partial charge in [-0.2, -0.15) is 0 Å². The molecule has 0 unspecified atom stereocenters. The van der Waals surface area contributed by atoms with Gasteiger partial charge in [0.15, 0.2) is 0 Å². The zero-order chi connectivity index (χ0) is 15.9. The maximum Gasteiger partial charge on any atom is 0.144 e. The molecule has 0 saturated heterocycles. The summed E-state index contributed by atoms with van der Waals surface area (Å²) in [5, 5.41) is 10.1. The van der Waals surface area contributed by atoms with E-state index in [9.17, 15) is 0 Å². The SMILES string of the molecule is [2H]/C(C=C)=C(\[2H])C(=N)c1cccc2c1oc1c(C)cccc12. The molecule has 3 aromatic rings. The molecule has 98 valence electrons. The summed E-state index contributed by atoms with van der Waals surface area (Å²) < 4.78 is 21.6. The molecule has 1 heterocycles. The van der Waals surface area contributed by atoms with E-state index in [1.807, 2.05) is 37.3 Å². The van der Waals surface area contributed by atoms with Crippen molar-refractivity contribution in [1.29, 1.82) is 5.41 Å². The highest BCUT2D eigenvalue weighted by atomic mass is 16.3. The third-order valence-corrected chi connectivity index (χ3v) is 3.29. The van der Waals surface area contributed by atoms with Gasteiger partial charge in [-0.15, -0.1) is 0 Å². The Kier molecular flexibility index (Phi) is 2.46. The fourth-order valence-electron chi connectivity index (χ4n) is 2.35. The van der Waals surface area contributed by atoms with Crippen molar-refractivity contribution in [3.05, 3.63) is 72.3 Å². The van der Waals surface area contributed by atoms with E-state index in [4.69, 9.17) is 12.6 Å². The fraction of sp³-hybridized carbons (Fsp3) is 0.0556. The minimum absolute atomic E-state index is 0.0350. The molecule has 2 aromatic carbocycles. The molecule has 20 heavy (non-hydrogen) atoms. The lowest BCUT2D eigenvalue weighted by Gasteiger charge is -1.99. The number of furan rings is 1. The van der Waals surface area contributed by atoms with Crippen LogP contribution in [0.5, 0.6) is 0 Å². The van der Waals surface area contributed by atoms with Gasteiger partial charge in [0, 0.05) is 16.3 Å². The maximum atomic E-state index is 8.21. The van der Waals surface area contributed by atoms with Crippen molar-refractivity contribution in [2.45, 2.75) is 6.92 Å². The first-order chi connectivity index (χ1) is 10.5. The van der Waals surface area contributed by atoms with Crippen molar-refractivity contribution >= 4 is 27.7 Å². The van der Waals surface area contributed by atoms with E-state index < -0.39 is 0 Å². The predicted octanol–water partition coefficient (Wildman–Crippen LogP) is 5.00. The van der Waals surface area contributed by atoms with Crippen LogP contribution >= 0.6 is 0 Å². The Hall–Kier alpha value is -2.61. The van der Waals surface area contributed by atoms with Crippen LogP contribution in [-0.2, 0) is 0 Å². The summed E-state index contributed by atoms with van der Waals surface area (Å²) in [5.41, 5.74) is 2.89. The molecular weight excluding hydrogens is 246 g/mol. The average molecular weight is 263 g/mol. The van der Waals surface area contributed by atoms with Gasteiger partial charge >= 0.3 is 0 Å². The molecule has 3 rings (SSSR count). The van der Waals surface area contributed by atoms with Crippen LogP contribution < -0.4 is 0 Å². The number of allylic oxidation sites excluding steroid dienone is 3. The van der Waals surface area contributed by atoms with Gasteiger partial charge < -0.3 is 9.83 Å². The van der Waals surface area contributed by atoms with Crippen molar-refractivity contribution < 1.29 is 7.16 Å². The van der Waals surface area contributed by atoms with E-state index in [-0.39, 0.29) is 17.8 Å². The second-order valence-corrected chi connectivity index (χ2v) is 4.58. The summed E-state index contributed by atoms with van der Waals surface area (Å²) in [6.07, 6.45) is 1.26. The number of para-hydroxylation sites is 2. The summed E-state index contributed by atoms with van der Waals surface area (Å²) in [6.45, 7) is 5.46. The largest absolute Gasteiger partial charge is 0.455 e. The number of nitrogens with one attached hydrogen (secondary N) is 1. The zero-order valence-corrected chi connectivity index (χ0v) is 11.2. The zero-order valence-electron chi connectivity index (χ0n) is 13.2. The Morgan fingerprint density at radius 1 is 1.20 bits per heavy atom. The maximum absolute atomic E-state index is 8.21. The molecule has 0 atom stereocenters. The van der Waals surface area contributed by atoms with Crippen LogP contribution in [-0.4, -0.2) is 5.71 Å². The van der Waals surface area contributed by atoms with Gasteiger partial charge in [0.2, 0.25) is 0 Å². The summed E-state index contributed by atoms with van der Waals surface area (Å²) in [7, 11) is 0. The van der Waals surface area contributed by atoms with Crippen LogP contribution in [0.2, 0.25) is 0 Å². The number of hydrogen-bond donors (Lipinski definition) is 1. The van der Waals surface area contributed by atoms with Crippen LogP contribution in [0.1, 0.15) is 13.9 Å². The quantitative estimate of drug-likeness (QED) is 0.523. The summed E-state index contributed by atoms with van der Waals surface area (Å²) in [4.78, 5) is 0. The topological polar surface area (TPSA) is 37.0 Å². The molecule has 0 aliphatic rings. The third-order valence-electron chi connectivity index (χ3n) is 3.29. The minimum atomic E-state index is -0.167. The molecule has 0 bridgehead atoms. The van der Waals surface area contributed by atoms with Gasteiger partial charge in [-0.1, -0.05) is 49.0 Å². The highest BCUT2D eigenvalue weighted by Crippen LogP contribution is 2.32. The first-order valence-electron chi connectivity index (χ1n) is 7.34. The molecular formula is C18H15NO. The molecule has 0 amide bonds. The number of fused-ring (bicyclic) bond motifs is 3. The molecule has 0 spiro atoms. The second kappa shape index (κ2) is 4.82. The van der Waals surface area contributed by atoms with Crippen LogP contribution in [0.25, 0.3) is 21.9 Å². The lowest BCUT2D eigenvalue weighted by Crippen LogP contribution is -1.94. The molecule has 0 saturated carbocycles. The van der Waals surface area contributed by atoms with Gasteiger partial charge in [-0.3, -0.25) is 0 Å². The Morgan fingerprint density at radius 3 is 2.65 bits per heavy atom. The van der Waals surface area contributed by atoms with Crippen LogP contribution in [0, 0.1) is 12.3 Å². The summed E-state index contributed by atoms with van der Waals surface area (Å²) in [6, 6.07) is 11.2. The van der Waals surface area contributed by atoms with E-state index >= 15 is 0 Å². The fourth-order valence-corrected chi connectivity index (χ4v) is 2.35. The van der Waals surface area contributed by atoms with Crippen molar-refractivity contribution in [2.75, 3.05) is 0 Å². The average Bonchev–Trinajstić information content (AvgIpc) is 2.93. The van der Waals surface area contributed by atoms with Crippen molar-refractivity contribution in [1.82, 2.24) is 0 Å². The molecule has 1 aromatic heterocycles. The Bertz CT molecular complexity index is 950. The highest BCUT2D eigenvalue weighted by Gasteiger charge is 2.13. The Balaban J connectivity index is 2.32. The van der Waals surface area contributed by atoms with Crippen molar-refractivity contribution in [2.24, 2.45) is 0 Å². The van der Waals surface area contributed by atoms with E-state index in [1.54, 1.807) is 6.07 Å². The molecule has 0 aliphatic carbocycles. The number of rotatable bonds is 3. The Labute approximate surface area is 120 Å². The molecule has 0 aliphatic heterocycles. The van der Waals surface area contributed by atoms with E-state index in [1.165, 1.54) is 6.08 Å². The van der Waals surface area contributed by atoms with E-state index in [0.29, 0.717) is 11.1 Å². The minimum Gasteiger partial charge on any atom is -0.455 e. The van der Waals surface area contributed by atoms with Gasteiger partial charge in [-0.25, -0.2) is 0 Å². The lowest BCUT2D eigenvalue weighted by molar-refractivity contribution is 0.665. The Morgan fingerprint density at radius 2 is 1.90 bits per heavy atom. The van der Waals surface area contributed by atoms with Crippen molar-refractivity contribution in [3.8, 4) is 0 Å². The highest BCUT2D eigenvalue weighted by molar-refractivity contribution is 6.18. The molecule has 1 N–H and O–H groups in total. The molecule has 0 fully saturated rings. The van der Waals surface area contributed by atoms with E-state index in [2.05, 4.69) is 6.58 Å². The van der Waals surface area contributed by atoms with Gasteiger partial charge in [0.05, 0.1) is 8.45 Å². The third kappa shape index (κ3) is 1.86. The van der Waals surface area contributed by atoms with Crippen LogP contribution in [0.4, 0.5) is 0 Å². The lowest BCUT2D eigenvalue weighted by atomic mass is 10.0. The monoisotopic (exact) mass is 263 g/mol. The molecule has 0 radical (unpaired) electrons. The number of hydrogen-bond acceptors (Lipinski definition) is 2. The predicted molar refractivity (Wildman–Crippen MR) is 84.6 cm³/mol. The van der Waals surface area contributed by atoms with Gasteiger partial charge in [0.1, 0.15) is 11.2 Å². The molecule has 2 heteroatoms. The van der Waals surface area contributed by atoms with Crippen LogP contribution in [0.15, 0.2) is 65.6 Å². The smallest absolute Gasteiger partial charge is 0.144 e. The second-order valence-electron chi connectivity index (χ2n) is 4.58. The number of aryl methyl sites for hydroxylation is 1.